The Morgan fingerprint density at radius 3 is 2.29 bits per heavy atom. The van der Waals surface area contributed by atoms with Crippen molar-refractivity contribution in [2.75, 3.05) is 13.2 Å². The standard InChI is InChI=1S/C9H14O5/c10-8(11)5-7(9(12)13)6-1-3-14-4-2-6/h6-7H,1-5H2,(H,10,11)(H,12,13)/t7-/m0/s1. The van der Waals surface area contributed by atoms with Gasteiger partial charge in [0.15, 0.2) is 0 Å². The molecule has 5 heteroatoms. The Balaban J connectivity index is 2.56. The molecule has 14 heavy (non-hydrogen) atoms. The maximum atomic E-state index is 10.8. The Morgan fingerprint density at radius 1 is 1.29 bits per heavy atom. The molecule has 0 spiro atoms. The minimum Gasteiger partial charge on any atom is -0.481 e. The summed E-state index contributed by atoms with van der Waals surface area (Å²) in [7, 11) is 0. The van der Waals surface area contributed by atoms with Gasteiger partial charge in [-0.25, -0.2) is 0 Å². The monoisotopic (exact) mass is 202 g/mol. The number of carbonyl (C=O) groups is 2. The second-order valence-corrected chi connectivity index (χ2v) is 3.49. The predicted molar refractivity (Wildman–Crippen MR) is 46.9 cm³/mol. The maximum absolute atomic E-state index is 10.8. The molecule has 0 amide bonds. The zero-order chi connectivity index (χ0) is 10.6. The molecule has 1 saturated heterocycles. The molecule has 0 radical (unpaired) electrons. The molecule has 0 saturated carbocycles. The van der Waals surface area contributed by atoms with Crippen LogP contribution in [0.5, 0.6) is 0 Å². The molecule has 0 aromatic heterocycles. The number of hydrogen-bond acceptors (Lipinski definition) is 3. The van der Waals surface area contributed by atoms with Crippen LogP contribution in [0.4, 0.5) is 0 Å². The lowest BCUT2D eigenvalue weighted by Crippen LogP contribution is -2.30. The first kappa shape index (κ1) is 11.0. The van der Waals surface area contributed by atoms with Gasteiger partial charge in [0.1, 0.15) is 0 Å². The first-order valence-electron chi connectivity index (χ1n) is 4.63. The SMILES string of the molecule is O=C(O)C[C@H](C(=O)O)C1CCOCC1. The van der Waals surface area contributed by atoms with Gasteiger partial charge >= 0.3 is 11.9 Å². The van der Waals surface area contributed by atoms with Crippen LogP contribution in [-0.2, 0) is 14.3 Å². The topological polar surface area (TPSA) is 83.8 Å². The molecule has 80 valence electrons. The first-order valence-corrected chi connectivity index (χ1v) is 4.63. The summed E-state index contributed by atoms with van der Waals surface area (Å²) in [5.41, 5.74) is 0. The highest BCUT2D eigenvalue weighted by Crippen LogP contribution is 2.26. The average molecular weight is 202 g/mol. The van der Waals surface area contributed by atoms with Gasteiger partial charge in [-0.15, -0.1) is 0 Å². The van der Waals surface area contributed by atoms with Crippen LogP contribution in [0.3, 0.4) is 0 Å². The molecule has 1 fully saturated rings. The van der Waals surface area contributed by atoms with E-state index in [4.69, 9.17) is 14.9 Å². The summed E-state index contributed by atoms with van der Waals surface area (Å²) in [6, 6.07) is 0. The lowest BCUT2D eigenvalue weighted by atomic mass is 9.84. The van der Waals surface area contributed by atoms with Gasteiger partial charge in [0.05, 0.1) is 12.3 Å². The molecule has 0 unspecified atom stereocenters. The molecule has 0 aliphatic carbocycles. The number of rotatable bonds is 4. The van der Waals surface area contributed by atoms with E-state index in [1.165, 1.54) is 0 Å². The zero-order valence-corrected chi connectivity index (χ0v) is 7.81. The zero-order valence-electron chi connectivity index (χ0n) is 7.81. The molecule has 1 rings (SSSR count). The van der Waals surface area contributed by atoms with Gasteiger partial charge in [-0.3, -0.25) is 9.59 Å². The number of ether oxygens (including phenoxy) is 1. The van der Waals surface area contributed by atoms with Gasteiger partial charge in [-0.1, -0.05) is 0 Å². The molecule has 2 N–H and O–H groups in total. The Bertz CT molecular complexity index is 219. The van der Waals surface area contributed by atoms with Gasteiger partial charge in [-0.05, 0) is 18.8 Å². The van der Waals surface area contributed by atoms with Crippen molar-refractivity contribution in [2.24, 2.45) is 11.8 Å². The van der Waals surface area contributed by atoms with Crippen molar-refractivity contribution in [1.82, 2.24) is 0 Å². The molecule has 1 aliphatic heterocycles. The van der Waals surface area contributed by atoms with E-state index >= 15 is 0 Å². The lowest BCUT2D eigenvalue weighted by molar-refractivity contribution is -0.151. The normalized spacial score (nSPS) is 20.3. The van der Waals surface area contributed by atoms with Gasteiger partial charge in [-0.2, -0.15) is 0 Å². The quantitative estimate of drug-likeness (QED) is 0.697. The average Bonchev–Trinajstić information content (AvgIpc) is 2.15. The fourth-order valence-electron chi connectivity index (χ4n) is 1.76. The maximum Gasteiger partial charge on any atom is 0.307 e. The van der Waals surface area contributed by atoms with Crippen molar-refractivity contribution in [3.8, 4) is 0 Å². The minimum atomic E-state index is -1.05. The predicted octanol–water partition coefficient (Wildman–Crippen LogP) is 0.588. The summed E-state index contributed by atoms with van der Waals surface area (Å²) < 4.78 is 5.09. The molecule has 1 aliphatic rings. The Labute approximate surface area is 81.7 Å². The van der Waals surface area contributed by atoms with Gasteiger partial charge in [0.25, 0.3) is 0 Å². The van der Waals surface area contributed by atoms with Crippen LogP contribution < -0.4 is 0 Å². The third-order valence-corrected chi connectivity index (χ3v) is 2.55. The summed E-state index contributed by atoms with van der Waals surface area (Å²) in [4.78, 5) is 21.3. The van der Waals surface area contributed by atoms with Crippen LogP contribution in [0.25, 0.3) is 0 Å². The van der Waals surface area contributed by atoms with Crippen LogP contribution in [0, 0.1) is 11.8 Å². The van der Waals surface area contributed by atoms with Crippen LogP contribution >= 0.6 is 0 Å². The van der Waals surface area contributed by atoms with Gasteiger partial charge < -0.3 is 14.9 Å². The summed E-state index contributed by atoms with van der Waals surface area (Å²) in [6.07, 6.45) is 0.995. The first-order chi connectivity index (χ1) is 6.61. The van der Waals surface area contributed by atoms with Gasteiger partial charge in [0.2, 0.25) is 0 Å². The van der Waals surface area contributed by atoms with Crippen molar-refractivity contribution in [1.29, 1.82) is 0 Å². The third-order valence-electron chi connectivity index (χ3n) is 2.55. The summed E-state index contributed by atoms with van der Waals surface area (Å²) in [6.45, 7) is 1.07. The Morgan fingerprint density at radius 2 is 1.86 bits per heavy atom. The molecule has 1 heterocycles. The lowest BCUT2D eigenvalue weighted by Gasteiger charge is -2.26. The highest BCUT2D eigenvalue weighted by atomic mass is 16.5. The summed E-state index contributed by atoms with van der Waals surface area (Å²) in [5.74, 6) is -2.89. The van der Waals surface area contributed by atoms with E-state index in [2.05, 4.69) is 0 Å². The van der Waals surface area contributed by atoms with E-state index < -0.39 is 17.9 Å². The highest BCUT2D eigenvalue weighted by Gasteiger charge is 2.31. The van der Waals surface area contributed by atoms with E-state index in [0.29, 0.717) is 26.1 Å². The fraction of sp³-hybridized carbons (Fsp3) is 0.778. The van der Waals surface area contributed by atoms with Crippen LogP contribution in [0.15, 0.2) is 0 Å². The van der Waals surface area contributed by atoms with Crippen LogP contribution in [-0.4, -0.2) is 35.4 Å². The number of carboxylic acid groups (broad SMARTS) is 2. The summed E-state index contributed by atoms with van der Waals surface area (Å²) >= 11 is 0. The Hall–Kier alpha value is -1.10. The number of hydrogen-bond donors (Lipinski definition) is 2. The van der Waals surface area contributed by atoms with Crippen molar-refractivity contribution < 1.29 is 24.5 Å². The van der Waals surface area contributed by atoms with E-state index in [1.54, 1.807) is 0 Å². The molecule has 0 bridgehead atoms. The van der Waals surface area contributed by atoms with E-state index in [-0.39, 0.29) is 12.3 Å². The van der Waals surface area contributed by atoms with Crippen LogP contribution in [0.1, 0.15) is 19.3 Å². The van der Waals surface area contributed by atoms with Crippen molar-refractivity contribution in [2.45, 2.75) is 19.3 Å². The van der Waals surface area contributed by atoms with E-state index in [1.807, 2.05) is 0 Å². The molecule has 0 aromatic rings. The smallest absolute Gasteiger partial charge is 0.307 e. The van der Waals surface area contributed by atoms with Crippen molar-refractivity contribution in [3.05, 3.63) is 0 Å². The highest BCUT2D eigenvalue weighted by molar-refractivity contribution is 5.77. The van der Waals surface area contributed by atoms with Crippen molar-refractivity contribution in [3.63, 3.8) is 0 Å². The van der Waals surface area contributed by atoms with E-state index in [0.717, 1.165) is 0 Å². The molecular weight excluding hydrogens is 188 g/mol. The number of carboxylic acids is 2. The van der Waals surface area contributed by atoms with Crippen LogP contribution in [0.2, 0.25) is 0 Å². The molecule has 5 nitrogen and oxygen atoms in total. The fourth-order valence-corrected chi connectivity index (χ4v) is 1.76. The molecular formula is C9H14O5. The Kier molecular flexibility index (Phi) is 3.88. The third kappa shape index (κ3) is 2.99. The summed E-state index contributed by atoms with van der Waals surface area (Å²) in [5, 5.41) is 17.4. The second kappa shape index (κ2) is 4.95. The van der Waals surface area contributed by atoms with Crippen molar-refractivity contribution >= 4 is 11.9 Å². The van der Waals surface area contributed by atoms with E-state index in [9.17, 15) is 9.59 Å². The second-order valence-electron chi connectivity index (χ2n) is 3.49. The van der Waals surface area contributed by atoms with Gasteiger partial charge in [0, 0.05) is 13.2 Å². The molecule has 1 atom stereocenters. The number of aliphatic carboxylic acids is 2. The molecule has 0 aromatic carbocycles. The minimum absolute atomic E-state index is 0.0580. The largest absolute Gasteiger partial charge is 0.481 e.